The van der Waals surface area contributed by atoms with E-state index >= 15 is 0 Å². The number of aromatic hydroxyl groups is 1. The van der Waals surface area contributed by atoms with Gasteiger partial charge in [-0.05, 0) is 48.7 Å². The van der Waals surface area contributed by atoms with Crippen molar-refractivity contribution >= 4 is 17.5 Å². The van der Waals surface area contributed by atoms with Crippen molar-refractivity contribution in [2.24, 2.45) is 5.92 Å². The van der Waals surface area contributed by atoms with Crippen LogP contribution in [0.2, 0.25) is 0 Å². The quantitative estimate of drug-likeness (QED) is 0.472. The van der Waals surface area contributed by atoms with E-state index in [-0.39, 0.29) is 23.0 Å². The molecule has 0 bridgehead atoms. The van der Waals surface area contributed by atoms with Gasteiger partial charge in [-0.3, -0.25) is 14.9 Å². The van der Waals surface area contributed by atoms with E-state index in [4.69, 9.17) is 4.74 Å². The van der Waals surface area contributed by atoms with Gasteiger partial charge in [-0.25, -0.2) is 0 Å². The monoisotopic (exact) mass is 395 g/mol. The third-order valence-corrected chi connectivity index (χ3v) is 5.61. The number of non-ortho nitro benzene ring substituents is 1. The fourth-order valence-corrected chi connectivity index (χ4v) is 4.12. The molecule has 2 heterocycles. The summed E-state index contributed by atoms with van der Waals surface area (Å²) < 4.78 is 5.89. The summed E-state index contributed by atoms with van der Waals surface area (Å²) in [6, 6.07) is 9.05. The first-order valence-electron chi connectivity index (χ1n) is 9.79. The van der Waals surface area contributed by atoms with Gasteiger partial charge in [0, 0.05) is 18.1 Å². The van der Waals surface area contributed by atoms with Crippen LogP contribution in [-0.2, 0) is 6.54 Å². The van der Waals surface area contributed by atoms with E-state index < -0.39 is 4.92 Å². The zero-order valence-corrected chi connectivity index (χ0v) is 16.2. The average molecular weight is 395 g/mol. The highest BCUT2D eigenvalue weighted by Gasteiger charge is 2.33. The number of quaternary nitrogens is 1. The molecule has 1 unspecified atom stereocenters. The number of hydrogen-bond acceptors (Lipinski definition) is 5. The molecule has 2 aromatic carbocycles. The second-order valence-electron chi connectivity index (χ2n) is 7.86. The Balaban J connectivity index is 1.61. The Labute approximate surface area is 168 Å². The van der Waals surface area contributed by atoms with Crippen LogP contribution in [0.3, 0.4) is 0 Å². The molecule has 7 heteroatoms. The molecule has 0 aliphatic carbocycles. The second-order valence-corrected chi connectivity index (χ2v) is 7.86. The van der Waals surface area contributed by atoms with E-state index in [1.165, 1.54) is 23.5 Å². The number of rotatable bonds is 4. The third-order valence-electron chi connectivity index (χ3n) is 5.61. The molecule has 0 aromatic heterocycles. The van der Waals surface area contributed by atoms with Crippen LogP contribution < -0.4 is 9.64 Å². The molecule has 0 radical (unpaired) electrons. The number of carbonyl (C=O) groups is 1. The molecule has 0 amide bonds. The summed E-state index contributed by atoms with van der Waals surface area (Å²) in [6.07, 6.45) is 3.94. The van der Waals surface area contributed by atoms with Gasteiger partial charge in [0.15, 0.2) is 11.5 Å². The highest BCUT2D eigenvalue weighted by molar-refractivity contribution is 6.15. The molecule has 2 aromatic rings. The number of fused-ring (bicyclic) bond motifs is 1. The van der Waals surface area contributed by atoms with Crippen molar-refractivity contribution in [3.63, 3.8) is 0 Å². The molecule has 150 valence electrons. The normalized spacial score (nSPS) is 22.4. The summed E-state index contributed by atoms with van der Waals surface area (Å²) in [5.74, 6) is 1.11. The van der Waals surface area contributed by atoms with Crippen LogP contribution in [0.25, 0.3) is 6.08 Å². The minimum absolute atomic E-state index is 0.0138. The molecule has 4 rings (SSSR count). The van der Waals surface area contributed by atoms with Crippen molar-refractivity contribution in [2.75, 3.05) is 13.1 Å². The summed E-state index contributed by atoms with van der Waals surface area (Å²) in [7, 11) is 0. The minimum atomic E-state index is -0.469. The largest absolute Gasteiger partial charge is 0.507 e. The zero-order chi connectivity index (χ0) is 20.5. The smallest absolute Gasteiger partial charge is 0.269 e. The van der Waals surface area contributed by atoms with E-state index in [0.29, 0.717) is 34.9 Å². The maximum atomic E-state index is 12.8. The van der Waals surface area contributed by atoms with Crippen molar-refractivity contribution in [1.29, 1.82) is 0 Å². The Bertz CT molecular complexity index is 997. The SMILES string of the molecule is C[C@H]1CCC[NH+](Cc2c(O)ccc3c2O/C(=C\c2ccc([N+](=O)[O-])cc2)C3=O)C1. The number of ether oxygens (including phenoxy) is 1. The fraction of sp³-hybridized carbons (Fsp3) is 0.318. The Morgan fingerprint density at radius 2 is 2.03 bits per heavy atom. The van der Waals surface area contributed by atoms with Crippen LogP contribution in [0.4, 0.5) is 5.69 Å². The Hall–Kier alpha value is -3.19. The van der Waals surface area contributed by atoms with Gasteiger partial charge in [-0.1, -0.05) is 6.92 Å². The first-order valence-corrected chi connectivity index (χ1v) is 9.79. The average Bonchev–Trinajstić information content (AvgIpc) is 3.00. The van der Waals surface area contributed by atoms with Gasteiger partial charge in [0.25, 0.3) is 5.69 Å². The van der Waals surface area contributed by atoms with Crippen LogP contribution in [0.15, 0.2) is 42.2 Å². The number of hydrogen-bond donors (Lipinski definition) is 2. The molecule has 2 aliphatic heterocycles. The summed E-state index contributed by atoms with van der Waals surface area (Å²) in [4.78, 5) is 24.5. The summed E-state index contributed by atoms with van der Waals surface area (Å²) in [5.41, 5.74) is 1.72. The van der Waals surface area contributed by atoms with Crippen LogP contribution in [0.1, 0.15) is 41.3 Å². The molecular formula is C22H23N2O5+. The summed E-state index contributed by atoms with van der Waals surface area (Å²) in [5, 5.41) is 21.2. The number of piperidine rings is 1. The maximum Gasteiger partial charge on any atom is 0.269 e. The molecule has 2 atom stereocenters. The molecule has 1 saturated heterocycles. The number of allylic oxidation sites excluding steroid dienone is 1. The van der Waals surface area contributed by atoms with E-state index in [1.54, 1.807) is 30.3 Å². The number of carbonyl (C=O) groups excluding carboxylic acids is 1. The lowest BCUT2D eigenvalue weighted by atomic mass is 9.99. The zero-order valence-electron chi connectivity index (χ0n) is 16.2. The van der Waals surface area contributed by atoms with Gasteiger partial charge in [-0.2, -0.15) is 0 Å². The van der Waals surface area contributed by atoms with E-state index in [0.717, 1.165) is 19.5 Å². The van der Waals surface area contributed by atoms with Gasteiger partial charge < -0.3 is 14.7 Å². The number of nitro benzene ring substituents is 1. The van der Waals surface area contributed by atoms with Gasteiger partial charge in [0.2, 0.25) is 5.78 Å². The Kier molecular flexibility index (Phi) is 5.07. The number of nitro groups is 1. The number of Topliss-reactive ketones (excluding diaryl/α,β-unsaturated/α-hetero) is 1. The molecule has 29 heavy (non-hydrogen) atoms. The molecule has 2 aliphatic rings. The first kappa shape index (κ1) is 19.1. The van der Waals surface area contributed by atoms with Crippen molar-refractivity contribution in [1.82, 2.24) is 0 Å². The van der Waals surface area contributed by atoms with Crippen molar-refractivity contribution in [3.8, 4) is 11.5 Å². The van der Waals surface area contributed by atoms with E-state index in [2.05, 4.69) is 6.92 Å². The first-order chi connectivity index (χ1) is 13.9. The minimum Gasteiger partial charge on any atom is -0.507 e. The van der Waals surface area contributed by atoms with Crippen molar-refractivity contribution < 1.29 is 24.5 Å². The van der Waals surface area contributed by atoms with Crippen LogP contribution in [0, 0.1) is 16.0 Å². The van der Waals surface area contributed by atoms with E-state index in [1.807, 2.05) is 0 Å². The standard InChI is InChI=1S/C22H22N2O5/c1-14-3-2-10-23(12-14)13-18-19(25)9-8-17-21(26)20(29-22(17)18)11-15-4-6-16(7-5-15)24(27)28/h4-9,11,14,25H,2-3,10,12-13H2,1H3/p+1/b20-11-/t14-/m0/s1. The number of benzene rings is 2. The number of phenols is 1. The molecule has 1 fully saturated rings. The number of nitrogens with zero attached hydrogens (tertiary/aromatic N) is 1. The number of phenolic OH excluding ortho intramolecular Hbond substituents is 1. The molecule has 2 N–H and O–H groups in total. The topological polar surface area (TPSA) is 94.1 Å². The van der Waals surface area contributed by atoms with Crippen LogP contribution in [0.5, 0.6) is 11.5 Å². The van der Waals surface area contributed by atoms with Crippen LogP contribution in [-0.4, -0.2) is 28.9 Å². The lowest BCUT2D eigenvalue weighted by molar-refractivity contribution is -0.922. The number of ketones is 1. The van der Waals surface area contributed by atoms with Crippen LogP contribution >= 0.6 is 0 Å². The molecular weight excluding hydrogens is 372 g/mol. The lowest BCUT2D eigenvalue weighted by Crippen LogP contribution is -3.12. The fourth-order valence-electron chi connectivity index (χ4n) is 4.12. The van der Waals surface area contributed by atoms with Crippen molar-refractivity contribution in [2.45, 2.75) is 26.3 Å². The number of likely N-dealkylation sites (tertiary alicyclic amines) is 1. The highest BCUT2D eigenvalue weighted by Crippen LogP contribution is 2.39. The van der Waals surface area contributed by atoms with Gasteiger partial charge in [0.1, 0.15) is 12.3 Å². The third kappa shape index (κ3) is 3.86. The lowest BCUT2D eigenvalue weighted by Gasteiger charge is -2.28. The molecule has 0 spiro atoms. The van der Waals surface area contributed by atoms with Gasteiger partial charge in [-0.15, -0.1) is 0 Å². The summed E-state index contributed by atoms with van der Waals surface area (Å²) >= 11 is 0. The van der Waals surface area contributed by atoms with Crippen molar-refractivity contribution in [3.05, 3.63) is 69.0 Å². The molecule has 7 nitrogen and oxygen atoms in total. The number of nitrogens with one attached hydrogen (secondary N) is 1. The predicted octanol–water partition coefficient (Wildman–Crippen LogP) is 2.73. The summed E-state index contributed by atoms with van der Waals surface area (Å²) in [6.45, 7) is 4.91. The van der Waals surface area contributed by atoms with Gasteiger partial charge in [0.05, 0.1) is 29.1 Å². The highest BCUT2D eigenvalue weighted by atomic mass is 16.6. The molecule has 0 saturated carbocycles. The van der Waals surface area contributed by atoms with Gasteiger partial charge >= 0.3 is 0 Å². The second kappa shape index (κ2) is 7.67. The Morgan fingerprint density at radius 1 is 1.28 bits per heavy atom. The van der Waals surface area contributed by atoms with E-state index in [9.17, 15) is 20.0 Å². The predicted molar refractivity (Wildman–Crippen MR) is 107 cm³/mol. The Morgan fingerprint density at radius 3 is 2.72 bits per heavy atom. The maximum absolute atomic E-state index is 12.8.